The normalized spacial score (nSPS) is 13.2. The highest BCUT2D eigenvalue weighted by Crippen LogP contribution is 2.12. The van der Waals surface area contributed by atoms with E-state index >= 15 is 0 Å². The first-order valence-electron chi connectivity index (χ1n) is 7.09. The Kier molecular flexibility index (Phi) is 8.49. The minimum Gasteiger partial charge on any atom is -0.467 e. The van der Waals surface area contributed by atoms with Gasteiger partial charge in [0.15, 0.2) is 5.96 Å². The lowest BCUT2D eigenvalue weighted by atomic mass is 10.3. The van der Waals surface area contributed by atoms with Gasteiger partial charge in [0.05, 0.1) is 12.8 Å². The van der Waals surface area contributed by atoms with Crippen LogP contribution in [0, 0.1) is 0 Å². The SMILES string of the molecule is CCNC(=NCC(O)c1ccco1)NCCCOCC. The second-order valence-electron chi connectivity index (χ2n) is 4.23. The zero-order valence-corrected chi connectivity index (χ0v) is 12.3. The molecule has 0 aliphatic heterocycles. The third-order valence-corrected chi connectivity index (χ3v) is 2.60. The van der Waals surface area contributed by atoms with Gasteiger partial charge in [0.1, 0.15) is 11.9 Å². The van der Waals surface area contributed by atoms with Crippen LogP contribution in [0.15, 0.2) is 27.8 Å². The van der Waals surface area contributed by atoms with Gasteiger partial charge in [-0.15, -0.1) is 0 Å². The Labute approximate surface area is 120 Å². The molecule has 0 aliphatic rings. The molecule has 1 rings (SSSR count). The first-order valence-corrected chi connectivity index (χ1v) is 7.09. The highest BCUT2D eigenvalue weighted by molar-refractivity contribution is 5.79. The summed E-state index contributed by atoms with van der Waals surface area (Å²) in [6.45, 7) is 7.27. The van der Waals surface area contributed by atoms with E-state index in [4.69, 9.17) is 9.15 Å². The first kappa shape index (κ1) is 16.5. The Bertz CT molecular complexity index is 366. The van der Waals surface area contributed by atoms with Gasteiger partial charge < -0.3 is 24.9 Å². The quantitative estimate of drug-likeness (QED) is 0.361. The van der Waals surface area contributed by atoms with Crippen molar-refractivity contribution in [1.29, 1.82) is 0 Å². The summed E-state index contributed by atoms with van der Waals surface area (Å²) < 4.78 is 10.4. The van der Waals surface area contributed by atoms with Crippen molar-refractivity contribution in [2.45, 2.75) is 26.4 Å². The zero-order valence-electron chi connectivity index (χ0n) is 12.3. The topological polar surface area (TPSA) is 79.0 Å². The van der Waals surface area contributed by atoms with Crippen molar-refractivity contribution in [3.63, 3.8) is 0 Å². The molecule has 0 saturated carbocycles. The summed E-state index contributed by atoms with van der Waals surface area (Å²) >= 11 is 0. The Balaban J connectivity index is 2.34. The maximum absolute atomic E-state index is 9.89. The van der Waals surface area contributed by atoms with Crippen molar-refractivity contribution in [2.24, 2.45) is 4.99 Å². The van der Waals surface area contributed by atoms with E-state index in [2.05, 4.69) is 15.6 Å². The van der Waals surface area contributed by atoms with Crippen molar-refractivity contribution in [3.8, 4) is 0 Å². The maximum atomic E-state index is 9.89. The van der Waals surface area contributed by atoms with Crippen LogP contribution in [0.2, 0.25) is 0 Å². The van der Waals surface area contributed by atoms with Crippen molar-refractivity contribution in [1.82, 2.24) is 10.6 Å². The number of nitrogens with zero attached hydrogens (tertiary/aromatic N) is 1. The molecule has 0 aromatic carbocycles. The molecule has 6 heteroatoms. The van der Waals surface area contributed by atoms with Gasteiger partial charge in [-0.3, -0.25) is 4.99 Å². The summed E-state index contributed by atoms with van der Waals surface area (Å²) in [5.41, 5.74) is 0. The van der Waals surface area contributed by atoms with Crippen LogP contribution >= 0.6 is 0 Å². The molecule has 1 aromatic rings. The molecule has 1 unspecified atom stereocenters. The van der Waals surface area contributed by atoms with Crippen LogP contribution in [-0.4, -0.2) is 43.9 Å². The monoisotopic (exact) mass is 283 g/mol. The smallest absolute Gasteiger partial charge is 0.191 e. The number of guanidine groups is 1. The van der Waals surface area contributed by atoms with E-state index in [9.17, 15) is 5.11 Å². The van der Waals surface area contributed by atoms with Crippen molar-refractivity contribution in [2.75, 3.05) is 32.8 Å². The second-order valence-corrected chi connectivity index (χ2v) is 4.23. The molecule has 0 saturated heterocycles. The van der Waals surface area contributed by atoms with Gasteiger partial charge in [0, 0.05) is 26.3 Å². The molecule has 1 heterocycles. The first-order chi connectivity index (χ1) is 9.77. The molecule has 0 spiro atoms. The summed E-state index contributed by atoms with van der Waals surface area (Å²) in [5, 5.41) is 16.2. The average molecular weight is 283 g/mol. The van der Waals surface area contributed by atoms with Gasteiger partial charge in [-0.1, -0.05) is 0 Å². The minimum atomic E-state index is -0.719. The molecule has 20 heavy (non-hydrogen) atoms. The number of ether oxygens (including phenoxy) is 1. The predicted octanol–water partition coefficient (Wildman–Crippen LogP) is 1.29. The molecular weight excluding hydrogens is 258 g/mol. The second kappa shape index (κ2) is 10.3. The zero-order chi connectivity index (χ0) is 14.6. The Morgan fingerprint density at radius 1 is 1.45 bits per heavy atom. The lowest BCUT2D eigenvalue weighted by Gasteiger charge is -2.12. The van der Waals surface area contributed by atoms with Crippen LogP contribution in [0.5, 0.6) is 0 Å². The minimum absolute atomic E-state index is 0.258. The lowest BCUT2D eigenvalue weighted by Crippen LogP contribution is -2.38. The fourth-order valence-electron chi connectivity index (χ4n) is 1.62. The van der Waals surface area contributed by atoms with E-state index in [-0.39, 0.29) is 6.54 Å². The van der Waals surface area contributed by atoms with E-state index in [0.29, 0.717) is 11.7 Å². The fraction of sp³-hybridized carbons (Fsp3) is 0.643. The molecule has 6 nitrogen and oxygen atoms in total. The standard InChI is InChI=1S/C14H25N3O3/c1-3-15-14(16-8-6-9-19-4-2)17-11-12(18)13-7-5-10-20-13/h5,7,10,12,18H,3-4,6,8-9,11H2,1-2H3,(H2,15,16,17). The molecule has 0 fully saturated rings. The van der Waals surface area contributed by atoms with E-state index in [0.717, 1.165) is 32.7 Å². The summed E-state index contributed by atoms with van der Waals surface area (Å²) in [7, 11) is 0. The molecule has 1 atom stereocenters. The van der Waals surface area contributed by atoms with Crippen LogP contribution in [0.4, 0.5) is 0 Å². The number of rotatable bonds is 9. The summed E-state index contributed by atoms with van der Waals surface area (Å²) in [5.74, 6) is 1.22. The predicted molar refractivity (Wildman–Crippen MR) is 78.8 cm³/mol. The Morgan fingerprint density at radius 3 is 2.95 bits per heavy atom. The van der Waals surface area contributed by atoms with E-state index in [1.165, 1.54) is 0 Å². The highest BCUT2D eigenvalue weighted by Gasteiger charge is 2.09. The summed E-state index contributed by atoms with van der Waals surface area (Å²) in [6, 6.07) is 3.49. The number of aliphatic hydroxyl groups is 1. The highest BCUT2D eigenvalue weighted by atomic mass is 16.5. The fourth-order valence-corrected chi connectivity index (χ4v) is 1.62. The third-order valence-electron chi connectivity index (χ3n) is 2.60. The number of aliphatic imine (C=N–C) groups is 1. The largest absolute Gasteiger partial charge is 0.467 e. The Hall–Kier alpha value is -1.53. The average Bonchev–Trinajstić information content (AvgIpc) is 2.98. The van der Waals surface area contributed by atoms with Gasteiger partial charge in [0.2, 0.25) is 0 Å². The number of hydrogen-bond donors (Lipinski definition) is 3. The van der Waals surface area contributed by atoms with Crippen molar-refractivity contribution < 1.29 is 14.3 Å². The van der Waals surface area contributed by atoms with E-state index < -0.39 is 6.10 Å². The molecule has 0 aliphatic carbocycles. The summed E-state index contributed by atoms with van der Waals surface area (Å²) in [4.78, 5) is 4.33. The molecule has 0 radical (unpaired) electrons. The third kappa shape index (κ3) is 6.58. The maximum Gasteiger partial charge on any atom is 0.191 e. The van der Waals surface area contributed by atoms with Crippen LogP contribution in [-0.2, 0) is 4.74 Å². The number of hydrogen-bond acceptors (Lipinski definition) is 4. The van der Waals surface area contributed by atoms with Gasteiger partial charge >= 0.3 is 0 Å². The molecule has 114 valence electrons. The molecule has 1 aromatic heterocycles. The van der Waals surface area contributed by atoms with Gasteiger partial charge in [0.25, 0.3) is 0 Å². The number of aliphatic hydroxyl groups excluding tert-OH is 1. The summed E-state index contributed by atoms with van der Waals surface area (Å²) in [6.07, 6.45) is 1.74. The lowest BCUT2D eigenvalue weighted by molar-refractivity contribution is 0.145. The Morgan fingerprint density at radius 2 is 2.30 bits per heavy atom. The van der Waals surface area contributed by atoms with Crippen LogP contribution < -0.4 is 10.6 Å². The van der Waals surface area contributed by atoms with Crippen molar-refractivity contribution in [3.05, 3.63) is 24.2 Å². The van der Waals surface area contributed by atoms with Crippen molar-refractivity contribution >= 4 is 5.96 Å². The van der Waals surface area contributed by atoms with Gasteiger partial charge in [-0.05, 0) is 32.4 Å². The van der Waals surface area contributed by atoms with Gasteiger partial charge in [-0.25, -0.2) is 0 Å². The molecule has 0 amide bonds. The van der Waals surface area contributed by atoms with E-state index in [1.807, 2.05) is 13.8 Å². The molecule has 3 N–H and O–H groups in total. The number of furan rings is 1. The van der Waals surface area contributed by atoms with Gasteiger partial charge in [-0.2, -0.15) is 0 Å². The van der Waals surface area contributed by atoms with Crippen LogP contribution in [0.3, 0.4) is 0 Å². The number of nitrogens with one attached hydrogen (secondary N) is 2. The van der Waals surface area contributed by atoms with E-state index in [1.54, 1.807) is 18.4 Å². The van der Waals surface area contributed by atoms with Crippen LogP contribution in [0.25, 0.3) is 0 Å². The van der Waals surface area contributed by atoms with Crippen LogP contribution in [0.1, 0.15) is 32.1 Å². The molecular formula is C14H25N3O3. The molecule has 0 bridgehead atoms.